The summed E-state index contributed by atoms with van der Waals surface area (Å²) in [5.41, 5.74) is -0.982. The number of aryl methyl sites for hydroxylation is 1. The Hall–Kier alpha value is -4.18. The van der Waals surface area contributed by atoms with Gasteiger partial charge in [0.25, 0.3) is 0 Å². The number of hydrogen-bond donors (Lipinski definition) is 2. The lowest BCUT2D eigenvalue weighted by Gasteiger charge is -2.54. The summed E-state index contributed by atoms with van der Waals surface area (Å²) in [6.45, 7) is 12.0. The summed E-state index contributed by atoms with van der Waals surface area (Å²) in [4.78, 5) is 18.6. The summed E-state index contributed by atoms with van der Waals surface area (Å²) in [5, 5.41) is 32.8. The molecule has 4 aromatic rings. The van der Waals surface area contributed by atoms with Crippen molar-refractivity contribution in [2.45, 2.75) is 104 Å². The molecule has 2 aliphatic heterocycles. The van der Waals surface area contributed by atoms with Crippen LogP contribution in [-0.2, 0) is 11.2 Å². The number of hydrogen-bond acceptors (Lipinski definition) is 10. The van der Waals surface area contributed by atoms with Crippen molar-refractivity contribution in [1.82, 2.24) is 19.9 Å². The molecule has 2 aliphatic carbocycles. The van der Waals surface area contributed by atoms with E-state index in [0.29, 0.717) is 65.8 Å². The van der Waals surface area contributed by atoms with Crippen LogP contribution in [0.3, 0.4) is 0 Å². The summed E-state index contributed by atoms with van der Waals surface area (Å²) >= 11 is 0. The smallest absolute Gasteiger partial charge is 0.319 e. The van der Waals surface area contributed by atoms with Gasteiger partial charge in [-0.15, -0.1) is 0 Å². The van der Waals surface area contributed by atoms with Gasteiger partial charge in [0.2, 0.25) is 0 Å². The molecule has 0 amide bonds. The van der Waals surface area contributed by atoms with Crippen LogP contribution in [0.15, 0.2) is 30.5 Å². The summed E-state index contributed by atoms with van der Waals surface area (Å²) < 4.78 is 44.4. The van der Waals surface area contributed by atoms with Gasteiger partial charge < -0.3 is 24.6 Å². The van der Waals surface area contributed by atoms with Crippen LogP contribution in [0.1, 0.15) is 85.1 Å². The van der Waals surface area contributed by atoms with Gasteiger partial charge in [-0.05, 0) is 99.9 Å². The highest BCUT2D eigenvalue weighted by atomic mass is 19.1. The number of β-amino-alcohol motifs (C(OH)–C–C–N with tert-alkyl or cyclic N) is 1. The molecule has 3 unspecified atom stereocenters. The zero-order chi connectivity index (χ0) is 38.4. The third-order valence-electron chi connectivity index (χ3n) is 12.1. The summed E-state index contributed by atoms with van der Waals surface area (Å²) in [7, 11) is 0. The molecule has 4 heterocycles. The number of pyridine rings is 1. The van der Waals surface area contributed by atoms with E-state index in [1.165, 1.54) is 24.4 Å². The third kappa shape index (κ3) is 6.84. The lowest BCUT2D eigenvalue weighted by Crippen LogP contribution is -2.60. The highest BCUT2D eigenvalue weighted by molar-refractivity contribution is 6.01. The molecule has 288 valence electrons. The van der Waals surface area contributed by atoms with E-state index in [-0.39, 0.29) is 52.5 Å². The number of aromatic hydroxyl groups is 1. The highest BCUT2D eigenvalue weighted by Crippen LogP contribution is 2.53. The molecule has 4 fully saturated rings. The van der Waals surface area contributed by atoms with Gasteiger partial charge in [0.15, 0.2) is 5.82 Å². The first-order chi connectivity index (χ1) is 25.9. The molecule has 0 bridgehead atoms. The number of anilines is 1. The molecular formula is C42H52F2N6O4. The number of aliphatic hydroxyl groups is 1. The van der Waals surface area contributed by atoms with Crippen LogP contribution in [0.5, 0.6) is 11.8 Å². The molecule has 2 aromatic heterocycles. The number of nitrogens with zero attached hydrogens (tertiary/aromatic N) is 6. The Kier molecular flexibility index (Phi) is 10.5. The second-order valence-corrected chi connectivity index (χ2v) is 16.1. The Labute approximate surface area is 316 Å². The minimum Gasteiger partial charge on any atom is -0.508 e. The molecule has 8 rings (SSSR count). The van der Waals surface area contributed by atoms with Gasteiger partial charge in [-0.25, -0.2) is 8.78 Å². The standard InChI is InChI=1S/C40H46F2N6O4.C2H6/c1-4-27-30(41)9-8-24-15-26(49)16-28(32(24)27)34-33(42)35-29(19-44-34)36(47-13-14-51-22-39(3,50)21-47)46-37(45-35)52-23-40-10-5-7-31(40)48(12-6-11-40)25-17-38(2,18-25)20-43;1-2/h8-9,15-16,19,25,31,49-50H,4-7,10-14,17-18,21-23H2,1-3H3;1-2H3. The number of rotatable bonds is 7. The molecule has 2 saturated heterocycles. The predicted molar refractivity (Wildman–Crippen MR) is 204 cm³/mol. The summed E-state index contributed by atoms with van der Waals surface area (Å²) in [6, 6.07) is 9.12. The van der Waals surface area contributed by atoms with Crippen molar-refractivity contribution in [3.63, 3.8) is 0 Å². The number of aromatic nitrogens is 3. The van der Waals surface area contributed by atoms with Gasteiger partial charge in [-0.3, -0.25) is 9.88 Å². The van der Waals surface area contributed by atoms with E-state index < -0.39 is 17.2 Å². The normalized spacial score (nSPS) is 28.5. The van der Waals surface area contributed by atoms with E-state index in [1.807, 2.05) is 32.6 Å². The fourth-order valence-corrected chi connectivity index (χ4v) is 9.62. The Morgan fingerprint density at radius 3 is 2.63 bits per heavy atom. The average Bonchev–Trinajstić information content (AvgIpc) is 3.50. The van der Waals surface area contributed by atoms with Crippen LogP contribution in [0.2, 0.25) is 0 Å². The van der Waals surface area contributed by atoms with Crippen LogP contribution in [0, 0.1) is 33.8 Å². The van der Waals surface area contributed by atoms with Crippen molar-refractivity contribution in [1.29, 1.82) is 5.26 Å². The van der Waals surface area contributed by atoms with Crippen molar-refractivity contribution in [2.75, 3.05) is 44.4 Å². The van der Waals surface area contributed by atoms with Crippen molar-refractivity contribution < 1.29 is 28.5 Å². The van der Waals surface area contributed by atoms with Gasteiger partial charge in [-0.2, -0.15) is 15.2 Å². The average molecular weight is 743 g/mol. The Morgan fingerprint density at radius 1 is 1.09 bits per heavy atom. The van der Waals surface area contributed by atoms with Crippen LogP contribution < -0.4 is 9.64 Å². The minimum atomic E-state index is -1.19. The monoisotopic (exact) mass is 742 g/mol. The Bertz CT molecular complexity index is 2080. The first kappa shape index (κ1) is 38.1. The largest absolute Gasteiger partial charge is 0.508 e. The molecule has 2 saturated carbocycles. The maximum absolute atomic E-state index is 17.1. The summed E-state index contributed by atoms with van der Waals surface area (Å²) in [6.07, 6.45) is 8.83. The SMILES string of the molecule is CC.CCc1c(F)ccc2cc(O)cc(-c3ncc4c(N5CCOCC(C)(O)C5)nc(OCC56CCCC5N(C5CC(C)(C#N)C5)CCC6)nc4c3F)c12. The number of nitriles is 1. The number of phenolic OH excluding ortho intramolecular Hbond substituents is 1. The molecule has 2 N–H and O–H groups in total. The number of piperidine rings is 1. The number of benzene rings is 2. The molecule has 54 heavy (non-hydrogen) atoms. The van der Waals surface area contributed by atoms with Gasteiger partial charge in [-0.1, -0.05) is 33.3 Å². The van der Waals surface area contributed by atoms with Gasteiger partial charge in [0, 0.05) is 35.8 Å². The maximum atomic E-state index is 17.1. The zero-order valence-corrected chi connectivity index (χ0v) is 32.1. The van der Waals surface area contributed by atoms with Gasteiger partial charge >= 0.3 is 6.01 Å². The highest BCUT2D eigenvalue weighted by Gasteiger charge is 2.54. The van der Waals surface area contributed by atoms with E-state index in [0.717, 1.165) is 51.5 Å². The lowest BCUT2D eigenvalue weighted by molar-refractivity contribution is -0.0629. The topological polar surface area (TPSA) is 128 Å². The van der Waals surface area contributed by atoms with Crippen molar-refractivity contribution >= 4 is 27.5 Å². The number of fused-ring (bicyclic) bond motifs is 3. The maximum Gasteiger partial charge on any atom is 0.319 e. The molecule has 0 spiro atoms. The van der Waals surface area contributed by atoms with Gasteiger partial charge in [0.05, 0.1) is 43.2 Å². The fourth-order valence-electron chi connectivity index (χ4n) is 9.62. The summed E-state index contributed by atoms with van der Waals surface area (Å²) in [5.74, 6) is -0.877. The molecule has 3 atom stereocenters. The van der Waals surface area contributed by atoms with E-state index in [9.17, 15) is 15.5 Å². The minimum absolute atomic E-state index is 0.0169. The lowest BCUT2D eigenvalue weighted by atomic mass is 9.65. The predicted octanol–water partition coefficient (Wildman–Crippen LogP) is 7.71. The second kappa shape index (κ2) is 14.8. The van der Waals surface area contributed by atoms with E-state index >= 15 is 8.78 Å². The number of ether oxygens (including phenoxy) is 2. The molecule has 2 aromatic carbocycles. The van der Waals surface area contributed by atoms with E-state index in [2.05, 4.69) is 16.0 Å². The van der Waals surface area contributed by atoms with Gasteiger partial charge in [0.1, 0.15) is 34.2 Å². The molecule has 12 heteroatoms. The number of likely N-dealkylation sites (tertiary alicyclic amines) is 1. The fraction of sp³-hybridized carbons (Fsp3) is 0.571. The first-order valence-corrected chi connectivity index (χ1v) is 19.6. The molecule has 4 aliphatic rings. The van der Waals surface area contributed by atoms with Crippen LogP contribution in [-0.4, -0.2) is 87.2 Å². The Morgan fingerprint density at radius 2 is 1.87 bits per heavy atom. The first-order valence-electron chi connectivity index (χ1n) is 19.6. The molecule has 10 nitrogen and oxygen atoms in total. The Balaban J connectivity index is 0.00000221. The van der Waals surface area contributed by atoms with Crippen molar-refractivity contribution in [3.8, 4) is 29.1 Å². The van der Waals surface area contributed by atoms with Crippen molar-refractivity contribution in [3.05, 3.63) is 47.7 Å². The quantitative estimate of drug-likeness (QED) is 0.194. The third-order valence-corrected chi connectivity index (χ3v) is 12.1. The van der Waals surface area contributed by atoms with Crippen molar-refractivity contribution in [2.24, 2.45) is 10.8 Å². The number of phenols is 1. The zero-order valence-electron chi connectivity index (χ0n) is 32.1. The van der Waals surface area contributed by atoms with Crippen LogP contribution >= 0.6 is 0 Å². The van der Waals surface area contributed by atoms with Crippen LogP contribution in [0.4, 0.5) is 14.6 Å². The number of halogens is 2. The van der Waals surface area contributed by atoms with E-state index in [1.54, 1.807) is 13.0 Å². The molecular weight excluding hydrogens is 690 g/mol. The second-order valence-electron chi connectivity index (χ2n) is 16.1. The molecule has 0 radical (unpaired) electrons. The van der Waals surface area contributed by atoms with Crippen LogP contribution in [0.25, 0.3) is 32.9 Å². The van der Waals surface area contributed by atoms with E-state index in [4.69, 9.17) is 19.4 Å².